The van der Waals surface area contributed by atoms with E-state index in [1.165, 1.54) is 15.6 Å². The number of hydrogen-bond acceptors (Lipinski definition) is 4. The molecular weight excluding hydrogens is 382 g/mol. The molecule has 1 aromatic rings. The van der Waals surface area contributed by atoms with Crippen LogP contribution in [0, 0.1) is 0 Å². The predicted molar refractivity (Wildman–Crippen MR) is 69.3 cm³/mol. The van der Waals surface area contributed by atoms with E-state index in [2.05, 4.69) is 31.9 Å². The Kier molecular flexibility index (Phi) is 4.08. The van der Waals surface area contributed by atoms with Crippen LogP contribution in [0.5, 0.6) is 0 Å². The molecule has 1 aliphatic heterocycles. The van der Waals surface area contributed by atoms with Crippen molar-refractivity contribution in [3.8, 4) is 0 Å². The second-order valence-corrected chi connectivity index (χ2v) is 8.62. The maximum absolute atomic E-state index is 12.3. The van der Waals surface area contributed by atoms with Gasteiger partial charge < -0.3 is 4.74 Å². The minimum Gasteiger partial charge on any atom is -0.379 e. The van der Waals surface area contributed by atoms with E-state index in [1.807, 2.05) is 0 Å². The van der Waals surface area contributed by atoms with Crippen LogP contribution < -0.4 is 0 Å². The predicted octanol–water partition coefficient (Wildman–Crippen LogP) is 2.29. The molecule has 0 amide bonds. The van der Waals surface area contributed by atoms with Crippen molar-refractivity contribution < 1.29 is 13.2 Å². The summed E-state index contributed by atoms with van der Waals surface area (Å²) < 4.78 is 32.9. The maximum Gasteiger partial charge on any atom is 0.253 e. The van der Waals surface area contributed by atoms with Crippen LogP contribution in [0.25, 0.3) is 0 Å². The van der Waals surface area contributed by atoms with Crippen molar-refractivity contribution in [2.24, 2.45) is 0 Å². The number of sulfonamides is 1. The Morgan fingerprint density at radius 1 is 1.31 bits per heavy atom. The third-order valence-corrected chi connectivity index (χ3v) is 7.37. The third-order valence-electron chi connectivity index (χ3n) is 2.17. The Balaban J connectivity index is 2.34. The van der Waals surface area contributed by atoms with Crippen molar-refractivity contribution in [2.75, 3.05) is 26.3 Å². The fourth-order valence-electron chi connectivity index (χ4n) is 1.41. The highest BCUT2D eigenvalue weighted by atomic mass is 79.9. The van der Waals surface area contributed by atoms with Crippen LogP contribution in [-0.2, 0) is 14.8 Å². The fraction of sp³-hybridized carbons (Fsp3) is 0.500. The van der Waals surface area contributed by atoms with Gasteiger partial charge in [0.2, 0.25) is 0 Å². The summed E-state index contributed by atoms with van der Waals surface area (Å²) in [7, 11) is -3.38. The van der Waals surface area contributed by atoms with E-state index in [0.717, 1.165) is 3.79 Å². The second kappa shape index (κ2) is 5.03. The van der Waals surface area contributed by atoms with Crippen molar-refractivity contribution >= 4 is 53.2 Å². The molecule has 1 aromatic heterocycles. The molecule has 16 heavy (non-hydrogen) atoms. The molecule has 0 aliphatic carbocycles. The molecule has 0 unspecified atom stereocenters. The average molecular weight is 391 g/mol. The zero-order valence-electron chi connectivity index (χ0n) is 8.15. The number of hydrogen-bond donors (Lipinski definition) is 0. The molecule has 90 valence electrons. The Bertz CT molecular complexity index is 479. The van der Waals surface area contributed by atoms with Gasteiger partial charge in [-0.05, 0) is 37.9 Å². The average Bonchev–Trinajstić information content (AvgIpc) is 2.60. The molecule has 8 heteroatoms. The first-order chi connectivity index (χ1) is 7.51. The minimum absolute atomic E-state index is 0.348. The summed E-state index contributed by atoms with van der Waals surface area (Å²) >= 11 is 7.76. The highest BCUT2D eigenvalue weighted by molar-refractivity contribution is 9.11. The van der Waals surface area contributed by atoms with Crippen molar-refractivity contribution in [1.29, 1.82) is 0 Å². The molecule has 4 nitrogen and oxygen atoms in total. The van der Waals surface area contributed by atoms with Crippen LogP contribution in [0.15, 0.2) is 18.5 Å². The maximum atomic E-state index is 12.3. The molecule has 0 atom stereocenters. The minimum atomic E-state index is -3.38. The van der Waals surface area contributed by atoms with Gasteiger partial charge in [-0.15, -0.1) is 11.3 Å². The van der Waals surface area contributed by atoms with Crippen LogP contribution in [0.3, 0.4) is 0 Å². The second-order valence-electron chi connectivity index (χ2n) is 3.20. The first kappa shape index (κ1) is 13.0. The van der Waals surface area contributed by atoms with Gasteiger partial charge in [-0.2, -0.15) is 4.31 Å². The molecule has 0 spiro atoms. The van der Waals surface area contributed by atoms with Crippen molar-refractivity contribution in [2.45, 2.75) is 4.21 Å². The van der Waals surface area contributed by atoms with Gasteiger partial charge in [0.15, 0.2) is 0 Å². The van der Waals surface area contributed by atoms with Crippen LogP contribution in [0.1, 0.15) is 0 Å². The topological polar surface area (TPSA) is 46.6 Å². The lowest BCUT2D eigenvalue weighted by Crippen LogP contribution is -2.40. The van der Waals surface area contributed by atoms with Crippen LogP contribution in [-0.4, -0.2) is 39.0 Å². The fourth-order valence-corrected chi connectivity index (χ4v) is 6.67. The van der Waals surface area contributed by atoms with Gasteiger partial charge >= 0.3 is 0 Å². The number of halogens is 2. The zero-order valence-corrected chi connectivity index (χ0v) is 13.0. The van der Waals surface area contributed by atoms with E-state index in [-0.39, 0.29) is 0 Å². The summed E-state index contributed by atoms with van der Waals surface area (Å²) in [4.78, 5) is 0. The van der Waals surface area contributed by atoms with E-state index in [4.69, 9.17) is 4.74 Å². The molecule has 0 bridgehead atoms. The smallest absolute Gasteiger partial charge is 0.253 e. The van der Waals surface area contributed by atoms with Crippen molar-refractivity contribution in [3.63, 3.8) is 0 Å². The van der Waals surface area contributed by atoms with E-state index in [9.17, 15) is 8.42 Å². The van der Waals surface area contributed by atoms with Gasteiger partial charge in [0.05, 0.1) is 17.0 Å². The lowest BCUT2D eigenvalue weighted by Gasteiger charge is -2.25. The first-order valence-electron chi connectivity index (χ1n) is 4.54. The van der Waals surface area contributed by atoms with Crippen LogP contribution >= 0.6 is 43.2 Å². The summed E-state index contributed by atoms with van der Waals surface area (Å²) in [6.45, 7) is 1.77. The van der Waals surface area contributed by atoms with Gasteiger partial charge in [-0.3, -0.25) is 0 Å². The summed E-state index contributed by atoms with van der Waals surface area (Å²) in [5.41, 5.74) is 0. The number of ether oxygens (including phenoxy) is 1. The summed E-state index contributed by atoms with van der Waals surface area (Å²) in [6.07, 6.45) is 0. The third kappa shape index (κ3) is 2.51. The molecule has 1 saturated heterocycles. The highest BCUT2D eigenvalue weighted by Gasteiger charge is 2.29. The van der Waals surface area contributed by atoms with E-state index in [0.29, 0.717) is 35.0 Å². The molecule has 0 N–H and O–H groups in total. The zero-order chi connectivity index (χ0) is 11.8. The van der Waals surface area contributed by atoms with Crippen molar-refractivity contribution in [1.82, 2.24) is 4.31 Å². The van der Waals surface area contributed by atoms with Gasteiger partial charge in [0, 0.05) is 17.6 Å². The molecule has 0 aromatic carbocycles. The van der Waals surface area contributed by atoms with Gasteiger partial charge in [0.1, 0.15) is 4.21 Å². The van der Waals surface area contributed by atoms with Crippen molar-refractivity contribution in [3.05, 3.63) is 14.3 Å². The van der Waals surface area contributed by atoms with E-state index in [1.54, 1.807) is 6.07 Å². The summed E-state index contributed by atoms with van der Waals surface area (Å²) in [6, 6.07) is 1.75. The standard InChI is InChI=1S/C8H9Br2NO3S2/c9-6-5-7(10)15-8(6)16(12,13)11-1-3-14-4-2-11/h5H,1-4H2. The molecule has 2 heterocycles. The molecule has 1 fully saturated rings. The SMILES string of the molecule is O=S(=O)(c1sc(Br)cc1Br)N1CCOCC1. The van der Waals surface area contributed by atoms with Crippen LogP contribution in [0.4, 0.5) is 0 Å². The molecule has 1 aliphatic rings. The Morgan fingerprint density at radius 2 is 1.94 bits per heavy atom. The van der Waals surface area contributed by atoms with Crippen LogP contribution in [0.2, 0.25) is 0 Å². The summed E-state index contributed by atoms with van der Waals surface area (Å²) in [5, 5.41) is 0. The Labute approximate surface area is 115 Å². The first-order valence-corrected chi connectivity index (χ1v) is 8.39. The number of morpholine rings is 1. The lowest BCUT2D eigenvalue weighted by molar-refractivity contribution is 0.0731. The number of thiophene rings is 1. The molecule has 0 saturated carbocycles. The van der Waals surface area contributed by atoms with Gasteiger partial charge in [-0.25, -0.2) is 8.42 Å². The largest absolute Gasteiger partial charge is 0.379 e. The summed E-state index contributed by atoms with van der Waals surface area (Å²) in [5.74, 6) is 0. The Hall–Kier alpha value is 0.530. The van der Waals surface area contributed by atoms with Gasteiger partial charge in [0.25, 0.3) is 10.0 Å². The molecule has 2 rings (SSSR count). The monoisotopic (exact) mass is 389 g/mol. The molecular formula is C8H9Br2NO3S2. The van der Waals surface area contributed by atoms with Gasteiger partial charge in [-0.1, -0.05) is 0 Å². The van der Waals surface area contributed by atoms with E-state index >= 15 is 0 Å². The van der Waals surface area contributed by atoms with E-state index < -0.39 is 10.0 Å². The Morgan fingerprint density at radius 3 is 2.44 bits per heavy atom. The lowest BCUT2D eigenvalue weighted by atomic mass is 10.5. The number of rotatable bonds is 2. The number of nitrogens with zero attached hydrogens (tertiary/aromatic N) is 1. The highest BCUT2D eigenvalue weighted by Crippen LogP contribution is 2.36. The molecule has 0 radical (unpaired) electrons. The quantitative estimate of drug-likeness (QED) is 0.778. The normalized spacial score (nSPS) is 18.9.